The fourth-order valence-corrected chi connectivity index (χ4v) is 1.87. The molecule has 1 amide bonds. The Balaban J connectivity index is 3.19. The lowest BCUT2D eigenvalue weighted by Crippen LogP contribution is -2.29. The third kappa shape index (κ3) is 3.56. The molecule has 0 unspecified atom stereocenters. The van der Waals surface area contributed by atoms with E-state index in [4.69, 9.17) is 0 Å². The number of nitrogens with zero attached hydrogens (tertiary/aromatic N) is 4. The second kappa shape index (κ2) is 6.18. The van der Waals surface area contributed by atoms with Gasteiger partial charge in [0.25, 0.3) is 0 Å². The number of carbonyl (C=O) groups is 2. The Bertz CT molecular complexity index is 468. The zero-order valence-corrected chi connectivity index (χ0v) is 12.8. The first-order valence-electron chi connectivity index (χ1n) is 6.09. The zero-order chi connectivity index (χ0) is 14.6. The van der Waals surface area contributed by atoms with Gasteiger partial charge in [0.2, 0.25) is 0 Å². The van der Waals surface area contributed by atoms with E-state index in [9.17, 15) is 9.59 Å². The maximum atomic E-state index is 12.0. The van der Waals surface area contributed by atoms with Crippen LogP contribution in [0.15, 0.2) is 5.16 Å². The van der Waals surface area contributed by atoms with Crippen LogP contribution in [-0.4, -0.2) is 51.8 Å². The molecule has 0 radical (unpaired) electrons. The summed E-state index contributed by atoms with van der Waals surface area (Å²) in [5.74, 6) is 0.879. The Hall–Kier alpha value is -1.37. The van der Waals surface area contributed by atoms with Gasteiger partial charge in [-0.05, 0) is 6.42 Å². The normalized spacial score (nSPS) is 11.4. The highest BCUT2D eigenvalue weighted by Crippen LogP contribution is 2.26. The van der Waals surface area contributed by atoms with Gasteiger partial charge < -0.3 is 9.69 Å². The van der Waals surface area contributed by atoms with E-state index < -0.39 is 0 Å². The minimum atomic E-state index is -0.265. The molecule has 0 aliphatic rings. The molecule has 0 fully saturated rings. The first kappa shape index (κ1) is 15.7. The van der Waals surface area contributed by atoms with Gasteiger partial charge in [0.15, 0.2) is 11.0 Å². The van der Waals surface area contributed by atoms with Gasteiger partial charge in [0.1, 0.15) is 6.29 Å². The molecular formula is C12H20N4O2S. The Morgan fingerprint density at radius 3 is 2.58 bits per heavy atom. The highest BCUT2D eigenvalue weighted by molar-refractivity contribution is 7.99. The van der Waals surface area contributed by atoms with Crippen molar-refractivity contribution in [3.63, 3.8) is 0 Å². The first-order chi connectivity index (χ1) is 8.83. The van der Waals surface area contributed by atoms with E-state index in [1.54, 1.807) is 14.1 Å². The SMILES string of the molecule is CCC(C)(C)c1nc(SCC=O)n(C(=O)N(C)C)n1. The predicted octanol–water partition coefficient (Wildman–Crippen LogP) is 1.79. The quantitative estimate of drug-likeness (QED) is 0.609. The highest BCUT2D eigenvalue weighted by atomic mass is 32.2. The summed E-state index contributed by atoms with van der Waals surface area (Å²) in [5, 5.41) is 4.76. The summed E-state index contributed by atoms with van der Waals surface area (Å²) in [5.41, 5.74) is -0.200. The van der Waals surface area contributed by atoms with Crippen molar-refractivity contribution in [2.24, 2.45) is 0 Å². The van der Waals surface area contributed by atoms with E-state index in [0.29, 0.717) is 11.0 Å². The molecule has 0 saturated carbocycles. The van der Waals surface area contributed by atoms with Crippen molar-refractivity contribution in [1.29, 1.82) is 0 Å². The molecule has 0 bridgehead atoms. The summed E-state index contributed by atoms with van der Waals surface area (Å²) in [6.07, 6.45) is 1.65. The van der Waals surface area contributed by atoms with Gasteiger partial charge in [0.05, 0.1) is 5.75 Å². The second-order valence-electron chi connectivity index (χ2n) is 5.02. The molecule has 1 aromatic heterocycles. The van der Waals surface area contributed by atoms with Gasteiger partial charge in [-0.2, -0.15) is 4.68 Å². The van der Waals surface area contributed by atoms with Gasteiger partial charge in [0, 0.05) is 19.5 Å². The van der Waals surface area contributed by atoms with Crippen molar-refractivity contribution in [1.82, 2.24) is 19.7 Å². The molecule has 7 heteroatoms. The van der Waals surface area contributed by atoms with Gasteiger partial charge in [-0.15, -0.1) is 5.10 Å². The Morgan fingerprint density at radius 1 is 1.47 bits per heavy atom. The van der Waals surface area contributed by atoms with E-state index in [1.165, 1.54) is 21.3 Å². The third-order valence-corrected chi connectivity index (χ3v) is 3.74. The summed E-state index contributed by atoms with van der Waals surface area (Å²) in [6, 6.07) is -0.265. The van der Waals surface area contributed by atoms with E-state index >= 15 is 0 Å². The van der Waals surface area contributed by atoms with Crippen molar-refractivity contribution in [2.75, 3.05) is 19.8 Å². The fourth-order valence-electron chi connectivity index (χ4n) is 1.26. The monoisotopic (exact) mass is 284 g/mol. The van der Waals surface area contributed by atoms with Crippen LogP contribution in [0.5, 0.6) is 0 Å². The molecular weight excluding hydrogens is 264 g/mol. The third-order valence-electron chi connectivity index (χ3n) is 2.91. The molecule has 19 heavy (non-hydrogen) atoms. The van der Waals surface area contributed by atoms with Crippen LogP contribution < -0.4 is 0 Å². The summed E-state index contributed by atoms with van der Waals surface area (Å²) >= 11 is 1.21. The molecule has 1 rings (SSSR count). The van der Waals surface area contributed by atoms with Gasteiger partial charge >= 0.3 is 6.03 Å². The molecule has 1 aromatic rings. The minimum absolute atomic E-state index is 0.200. The van der Waals surface area contributed by atoms with Crippen LogP contribution in [0, 0.1) is 0 Å². The number of hydrogen-bond donors (Lipinski definition) is 0. The molecule has 0 aliphatic carbocycles. The average molecular weight is 284 g/mol. The van der Waals surface area contributed by atoms with Crippen LogP contribution in [0.1, 0.15) is 33.0 Å². The lowest BCUT2D eigenvalue weighted by atomic mass is 9.90. The van der Waals surface area contributed by atoms with Crippen LogP contribution in [0.4, 0.5) is 4.79 Å². The second-order valence-corrected chi connectivity index (χ2v) is 6.01. The topological polar surface area (TPSA) is 68.1 Å². The molecule has 6 nitrogen and oxygen atoms in total. The molecule has 0 atom stereocenters. The maximum Gasteiger partial charge on any atom is 0.346 e. The van der Waals surface area contributed by atoms with Crippen LogP contribution >= 0.6 is 11.8 Å². The van der Waals surface area contributed by atoms with E-state index in [-0.39, 0.29) is 17.2 Å². The van der Waals surface area contributed by atoms with Crippen LogP contribution in [0.3, 0.4) is 0 Å². The van der Waals surface area contributed by atoms with Gasteiger partial charge in [-0.3, -0.25) is 0 Å². The lowest BCUT2D eigenvalue weighted by molar-refractivity contribution is -0.105. The Kier molecular flexibility index (Phi) is 5.11. The number of thioether (sulfide) groups is 1. The van der Waals surface area contributed by atoms with Crippen molar-refractivity contribution < 1.29 is 9.59 Å². The summed E-state index contributed by atoms with van der Waals surface area (Å²) in [6.45, 7) is 6.11. The zero-order valence-electron chi connectivity index (χ0n) is 12.0. The maximum absolute atomic E-state index is 12.0. The number of aromatic nitrogens is 3. The average Bonchev–Trinajstić information content (AvgIpc) is 2.79. The molecule has 0 aromatic carbocycles. The molecule has 0 N–H and O–H groups in total. The smallest absolute Gasteiger partial charge is 0.329 e. The van der Waals surface area contributed by atoms with Gasteiger partial charge in [-0.1, -0.05) is 32.5 Å². The summed E-state index contributed by atoms with van der Waals surface area (Å²) in [4.78, 5) is 28.4. The molecule has 0 saturated heterocycles. The Labute approximate surface area is 117 Å². The molecule has 0 spiro atoms. The highest BCUT2D eigenvalue weighted by Gasteiger charge is 2.27. The van der Waals surface area contributed by atoms with Crippen LogP contribution in [0.25, 0.3) is 0 Å². The van der Waals surface area contributed by atoms with E-state index in [1.807, 2.05) is 20.8 Å². The fraction of sp³-hybridized carbons (Fsp3) is 0.667. The standard InChI is InChI=1S/C12H20N4O2S/c1-6-12(2,3)9-13-10(19-8-7-17)16(14-9)11(18)15(4)5/h7H,6,8H2,1-5H3. The number of hydrogen-bond acceptors (Lipinski definition) is 5. The number of aldehydes is 1. The lowest BCUT2D eigenvalue weighted by Gasteiger charge is -2.17. The molecule has 1 heterocycles. The minimum Gasteiger partial charge on any atom is -0.329 e. The van der Waals surface area contributed by atoms with Crippen molar-refractivity contribution >= 4 is 24.1 Å². The first-order valence-corrected chi connectivity index (χ1v) is 7.07. The number of amides is 1. The predicted molar refractivity (Wildman–Crippen MR) is 74.6 cm³/mol. The van der Waals surface area contributed by atoms with Gasteiger partial charge in [-0.25, -0.2) is 9.78 Å². The van der Waals surface area contributed by atoms with E-state index in [2.05, 4.69) is 10.1 Å². The van der Waals surface area contributed by atoms with Crippen molar-refractivity contribution in [2.45, 2.75) is 37.8 Å². The van der Waals surface area contributed by atoms with Crippen LogP contribution in [0.2, 0.25) is 0 Å². The summed E-state index contributed by atoms with van der Waals surface area (Å²) in [7, 11) is 3.31. The molecule has 106 valence electrons. The Morgan fingerprint density at radius 2 is 2.11 bits per heavy atom. The van der Waals surface area contributed by atoms with Crippen molar-refractivity contribution in [3.8, 4) is 0 Å². The molecule has 0 aliphatic heterocycles. The number of rotatable bonds is 5. The number of carbonyl (C=O) groups excluding carboxylic acids is 2. The van der Waals surface area contributed by atoms with Crippen molar-refractivity contribution in [3.05, 3.63) is 5.82 Å². The summed E-state index contributed by atoms with van der Waals surface area (Å²) < 4.78 is 1.26. The largest absolute Gasteiger partial charge is 0.346 e. The van der Waals surface area contributed by atoms with Crippen LogP contribution in [-0.2, 0) is 10.2 Å². The van der Waals surface area contributed by atoms with E-state index in [0.717, 1.165) is 12.7 Å².